The topological polar surface area (TPSA) is 95.9 Å². The quantitative estimate of drug-likeness (QED) is 0.0324. The van der Waals surface area contributed by atoms with Crippen LogP contribution in [0.5, 0.6) is 0 Å². The van der Waals surface area contributed by atoms with Gasteiger partial charge in [0.2, 0.25) is 5.91 Å². The molecule has 0 saturated carbocycles. The monoisotopic (exact) mass is 820 g/mol. The SMILES string of the molecule is CC/C=C/C=C/C=C\C=C/CCCC(CC(=O)NC(CO)C(O)CCCCCCCCCCCCCCCC)OC(=O)CCCCCCC\C=C/C=C/C=C/C=C/CC. The Balaban J connectivity index is 4.67. The lowest BCUT2D eigenvalue weighted by atomic mass is 10.0. The Labute approximate surface area is 363 Å². The molecule has 0 rings (SSSR count). The van der Waals surface area contributed by atoms with E-state index in [9.17, 15) is 19.8 Å². The summed E-state index contributed by atoms with van der Waals surface area (Å²) in [4.78, 5) is 26.0. The fraction of sp³-hybridized carbons (Fsp3) is 0.660. The van der Waals surface area contributed by atoms with Crippen molar-refractivity contribution in [1.29, 1.82) is 0 Å². The predicted molar refractivity (Wildman–Crippen MR) is 254 cm³/mol. The first-order valence-electron chi connectivity index (χ1n) is 24.1. The summed E-state index contributed by atoms with van der Waals surface area (Å²) in [5.74, 6) is -0.579. The van der Waals surface area contributed by atoms with Crippen molar-refractivity contribution in [3.05, 3.63) is 97.2 Å². The number of aliphatic hydroxyl groups is 2. The molecule has 0 aliphatic carbocycles. The number of hydrogen-bond acceptors (Lipinski definition) is 5. The molecule has 6 nitrogen and oxygen atoms in total. The van der Waals surface area contributed by atoms with Crippen LogP contribution in [-0.4, -0.2) is 46.9 Å². The molecule has 0 aromatic rings. The van der Waals surface area contributed by atoms with E-state index in [2.05, 4.69) is 68.6 Å². The smallest absolute Gasteiger partial charge is 0.306 e. The predicted octanol–water partition coefficient (Wildman–Crippen LogP) is 14.2. The Bertz CT molecular complexity index is 1190. The zero-order chi connectivity index (χ0) is 43.1. The summed E-state index contributed by atoms with van der Waals surface area (Å²) in [6.45, 7) is 6.16. The molecule has 0 heterocycles. The summed E-state index contributed by atoms with van der Waals surface area (Å²) >= 11 is 0. The molecule has 0 aromatic carbocycles. The highest BCUT2D eigenvalue weighted by Gasteiger charge is 2.24. The molecule has 0 saturated heterocycles. The van der Waals surface area contributed by atoms with Crippen LogP contribution in [0.15, 0.2) is 97.2 Å². The Kier molecular flexibility index (Phi) is 43.4. The van der Waals surface area contributed by atoms with Gasteiger partial charge in [-0.15, -0.1) is 0 Å². The lowest BCUT2D eigenvalue weighted by Crippen LogP contribution is -2.46. The number of aliphatic hydroxyl groups excluding tert-OH is 2. The van der Waals surface area contributed by atoms with Gasteiger partial charge in [0, 0.05) is 6.42 Å². The number of nitrogens with one attached hydrogen (secondary N) is 1. The molecular weight excluding hydrogens is 731 g/mol. The van der Waals surface area contributed by atoms with Gasteiger partial charge in [0.05, 0.1) is 25.2 Å². The number of rotatable bonds is 41. The molecule has 3 unspecified atom stereocenters. The zero-order valence-corrected chi connectivity index (χ0v) is 38.1. The van der Waals surface area contributed by atoms with Gasteiger partial charge < -0.3 is 20.3 Å². The van der Waals surface area contributed by atoms with E-state index in [0.717, 1.165) is 83.5 Å². The maximum atomic E-state index is 13.1. The molecule has 59 heavy (non-hydrogen) atoms. The second-order valence-corrected chi connectivity index (χ2v) is 15.9. The average Bonchev–Trinajstić information content (AvgIpc) is 3.23. The van der Waals surface area contributed by atoms with Gasteiger partial charge in [-0.2, -0.15) is 0 Å². The van der Waals surface area contributed by atoms with Gasteiger partial charge in [0.1, 0.15) is 6.10 Å². The Morgan fingerprint density at radius 2 is 0.932 bits per heavy atom. The first-order chi connectivity index (χ1) is 29.0. The number of allylic oxidation sites excluding steroid dienone is 16. The van der Waals surface area contributed by atoms with E-state index in [0.29, 0.717) is 19.3 Å². The van der Waals surface area contributed by atoms with Gasteiger partial charge in [-0.3, -0.25) is 9.59 Å². The number of carbonyl (C=O) groups excluding carboxylic acids is 2. The summed E-state index contributed by atoms with van der Waals surface area (Å²) in [5, 5.41) is 23.7. The van der Waals surface area contributed by atoms with E-state index in [1.54, 1.807) is 0 Å². The molecule has 0 fully saturated rings. The van der Waals surface area contributed by atoms with Gasteiger partial charge in [0.25, 0.3) is 0 Å². The maximum absolute atomic E-state index is 13.1. The Hall–Kier alpha value is -3.22. The van der Waals surface area contributed by atoms with Gasteiger partial charge in [-0.1, -0.05) is 227 Å². The molecule has 1 amide bonds. The normalized spacial score (nSPS) is 14.2. The molecule has 0 spiro atoms. The standard InChI is InChI=1S/C53H89NO5/c1-4-7-10-13-16-19-22-24-26-28-31-34-37-40-43-46-53(58)59-49(44-41-38-35-32-29-21-18-15-12-9-6-3)47-52(57)54-50(48-55)51(56)45-42-39-36-33-30-27-25-23-20-17-14-11-8-5-2/h7,9-10,12-13,15-16,18-19,21-22,24,26,29,32,35,49-51,55-56H,4-6,8,11,14,17,20,23,25,27-28,30-31,33-34,36-48H2,1-3H3,(H,54,57)/b10-7+,12-9+,16-13+,18-15+,22-19+,26-24-,29-21-,35-32-. The van der Waals surface area contributed by atoms with Crippen LogP contribution in [0.1, 0.15) is 201 Å². The third-order valence-electron chi connectivity index (χ3n) is 10.3. The van der Waals surface area contributed by atoms with Crippen LogP contribution in [0.4, 0.5) is 0 Å². The van der Waals surface area contributed by atoms with Crippen molar-refractivity contribution in [2.45, 2.75) is 219 Å². The van der Waals surface area contributed by atoms with Crippen molar-refractivity contribution in [3.63, 3.8) is 0 Å². The summed E-state index contributed by atoms with van der Waals surface area (Å²) < 4.78 is 5.86. The maximum Gasteiger partial charge on any atom is 0.306 e. The fourth-order valence-corrected chi connectivity index (χ4v) is 6.75. The first kappa shape index (κ1) is 55.8. The molecule has 336 valence electrons. The van der Waals surface area contributed by atoms with E-state index < -0.39 is 18.2 Å². The lowest BCUT2D eigenvalue weighted by Gasteiger charge is -2.24. The number of ether oxygens (including phenoxy) is 1. The summed E-state index contributed by atoms with van der Waals surface area (Å²) in [5.41, 5.74) is 0. The van der Waals surface area contributed by atoms with E-state index >= 15 is 0 Å². The molecule has 3 N–H and O–H groups in total. The number of carbonyl (C=O) groups is 2. The van der Waals surface area contributed by atoms with Crippen LogP contribution in [0.2, 0.25) is 0 Å². The largest absolute Gasteiger partial charge is 0.462 e. The van der Waals surface area contributed by atoms with Crippen molar-refractivity contribution in [2.75, 3.05) is 6.61 Å². The highest BCUT2D eigenvalue weighted by molar-refractivity contribution is 5.77. The molecule has 0 aliphatic rings. The van der Waals surface area contributed by atoms with Gasteiger partial charge in [-0.05, 0) is 57.8 Å². The summed E-state index contributed by atoms with van der Waals surface area (Å²) in [6, 6.07) is -0.732. The fourth-order valence-electron chi connectivity index (χ4n) is 6.75. The second kappa shape index (κ2) is 45.9. The van der Waals surface area contributed by atoms with Crippen LogP contribution < -0.4 is 5.32 Å². The molecule has 0 aromatic heterocycles. The Morgan fingerprint density at radius 3 is 1.42 bits per heavy atom. The Morgan fingerprint density at radius 1 is 0.508 bits per heavy atom. The lowest BCUT2D eigenvalue weighted by molar-refractivity contribution is -0.151. The molecule has 3 atom stereocenters. The van der Waals surface area contributed by atoms with Crippen molar-refractivity contribution < 1.29 is 24.5 Å². The van der Waals surface area contributed by atoms with Crippen molar-refractivity contribution in [3.8, 4) is 0 Å². The average molecular weight is 820 g/mol. The van der Waals surface area contributed by atoms with Gasteiger partial charge in [0.15, 0.2) is 0 Å². The van der Waals surface area contributed by atoms with Gasteiger partial charge >= 0.3 is 5.97 Å². The minimum Gasteiger partial charge on any atom is -0.462 e. The number of amides is 1. The van der Waals surface area contributed by atoms with Crippen molar-refractivity contribution >= 4 is 11.9 Å². The second-order valence-electron chi connectivity index (χ2n) is 15.9. The minimum atomic E-state index is -0.814. The van der Waals surface area contributed by atoms with Crippen molar-refractivity contribution in [2.24, 2.45) is 0 Å². The van der Waals surface area contributed by atoms with Gasteiger partial charge in [-0.25, -0.2) is 0 Å². The summed E-state index contributed by atoms with van der Waals surface area (Å²) in [7, 11) is 0. The molecule has 0 aliphatic heterocycles. The minimum absolute atomic E-state index is 0.0163. The van der Waals surface area contributed by atoms with E-state index in [-0.39, 0.29) is 24.9 Å². The van der Waals surface area contributed by atoms with Crippen LogP contribution in [0.3, 0.4) is 0 Å². The van der Waals surface area contributed by atoms with E-state index in [1.165, 1.54) is 70.6 Å². The van der Waals surface area contributed by atoms with Crippen LogP contribution in [0.25, 0.3) is 0 Å². The highest BCUT2D eigenvalue weighted by Crippen LogP contribution is 2.16. The zero-order valence-electron chi connectivity index (χ0n) is 38.1. The number of esters is 1. The summed E-state index contributed by atoms with van der Waals surface area (Å²) in [6.07, 6.45) is 60.4. The first-order valence-corrected chi connectivity index (χ1v) is 24.1. The van der Waals surface area contributed by atoms with Crippen molar-refractivity contribution in [1.82, 2.24) is 5.32 Å². The van der Waals surface area contributed by atoms with E-state index in [4.69, 9.17) is 4.74 Å². The molecular formula is C53H89NO5. The molecule has 0 radical (unpaired) electrons. The van der Waals surface area contributed by atoms with Crippen LogP contribution >= 0.6 is 0 Å². The molecule has 6 heteroatoms. The molecule has 0 bridgehead atoms. The number of hydrogen-bond donors (Lipinski definition) is 3. The third-order valence-corrected chi connectivity index (χ3v) is 10.3. The van der Waals surface area contributed by atoms with Crippen LogP contribution in [0, 0.1) is 0 Å². The van der Waals surface area contributed by atoms with Crippen LogP contribution in [-0.2, 0) is 14.3 Å². The third kappa shape index (κ3) is 41.3. The van der Waals surface area contributed by atoms with E-state index in [1.807, 2.05) is 54.7 Å². The highest BCUT2D eigenvalue weighted by atomic mass is 16.5. The number of unbranched alkanes of at least 4 members (excludes halogenated alkanes) is 19.